The minimum atomic E-state index is 0.924. The smallest absolute Gasteiger partial charge is 0.0758 e. The summed E-state index contributed by atoms with van der Waals surface area (Å²) < 4.78 is 1.12. The number of benzene rings is 1. The number of aryl methyl sites for hydroxylation is 2. The molecule has 0 aliphatic heterocycles. The van der Waals surface area contributed by atoms with E-state index >= 15 is 0 Å². The fourth-order valence-electron chi connectivity index (χ4n) is 2.29. The molecule has 0 bridgehead atoms. The summed E-state index contributed by atoms with van der Waals surface area (Å²) in [7, 11) is 0. The molecule has 0 atom stereocenters. The van der Waals surface area contributed by atoms with Crippen LogP contribution < -0.4 is 5.32 Å². The van der Waals surface area contributed by atoms with E-state index in [1.165, 1.54) is 22.2 Å². The lowest BCUT2D eigenvalue weighted by molar-refractivity contribution is 1.11. The average Bonchev–Trinajstić information content (AvgIpc) is 2.35. The molecule has 0 aliphatic rings. The first-order valence-corrected chi connectivity index (χ1v) is 7.21. The number of pyridine rings is 1. The highest BCUT2D eigenvalue weighted by molar-refractivity contribution is 9.10. The average molecular weight is 307 g/mol. The summed E-state index contributed by atoms with van der Waals surface area (Å²) in [5.41, 5.74) is 5.98. The molecule has 18 heavy (non-hydrogen) atoms. The molecule has 2 nitrogen and oxygen atoms in total. The van der Waals surface area contributed by atoms with Gasteiger partial charge in [-0.25, -0.2) is 0 Å². The van der Waals surface area contributed by atoms with Gasteiger partial charge in [-0.2, -0.15) is 0 Å². The molecule has 96 valence electrons. The molecule has 2 rings (SSSR count). The van der Waals surface area contributed by atoms with Crippen molar-refractivity contribution in [3.63, 3.8) is 0 Å². The van der Waals surface area contributed by atoms with Crippen molar-refractivity contribution in [2.75, 3.05) is 11.9 Å². The Hall–Kier alpha value is -1.09. The number of halogens is 1. The Balaban J connectivity index is 2.86. The summed E-state index contributed by atoms with van der Waals surface area (Å²) in [6.07, 6.45) is 0.997. The zero-order chi connectivity index (χ0) is 13.3. The van der Waals surface area contributed by atoms with Crippen LogP contribution in [0.4, 0.5) is 5.69 Å². The van der Waals surface area contributed by atoms with Crippen molar-refractivity contribution in [1.29, 1.82) is 0 Å². The molecule has 0 saturated carbocycles. The van der Waals surface area contributed by atoms with E-state index in [0.29, 0.717) is 0 Å². The van der Waals surface area contributed by atoms with Crippen LogP contribution in [0, 0.1) is 13.8 Å². The highest BCUT2D eigenvalue weighted by Gasteiger charge is 2.12. The van der Waals surface area contributed by atoms with Gasteiger partial charge in [-0.15, -0.1) is 0 Å². The van der Waals surface area contributed by atoms with Gasteiger partial charge in [0.05, 0.1) is 5.52 Å². The molecule has 1 aromatic carbocycles. The second-order valence-electron chi connectivity index (χ2n) is 4.54. The highest BCUT2D eigenvalue weighted by atomic mass is 79.9. The standard InChI is InChI=1S/C15H19BrN2/c1-5-11-7-12(16)8-13-14(17-6-2)9(3)10(4)18-15(11)13/h7-8H,5-6H2,1-4H3,(H,17,18). The van der Waals surface area contributed by atoms with Gasteiger partial charge < -0.3 is 5.32 Å². The van der Waals surface area contributed by atoms with Gasteiger partial charge in [0.15, 0.2) is 0 Å². The van der Waals surface area contributed by atoms with Crippen LogP contribution in [0.15, 0.2) is 16.6 Å². The van der Waals surface area contributed by atoms with Gasteiger partial charge in [0.2, 0.25) is 0 Å². The van der Waals surface area contributed by atoms with Crippen LogP contribution in [0.25, 0.3) is 10.9 Å². The van der Waals surface area contributed by atoms with Crippen LogP contribution >= 0.6 is 15.9 Å². The maximum absolute atomic E-state index is 4.77. The zero-order valence-corrected chi connectivity index (χ0v) is 13.0. The molecule has 0 fully saturated rings. The molecule has 1 heterocycles. The number of anilines is 1. The van der Waals surface area contributed by atoms with Crippen LogP contribution in [0.1, 0.15) is 30.7 Å². The van der Waals surface area contributed by atoms with Gasteiger partial charge in [0, 0.05) is 27.8 Å². The molecule has 0 spiro atoms. The van der Waals surface area contributed by atoms with Crippen LogP contribution in [-0.4, -0.2) is 11.5 Å². The lowest BCUT2D eigenvalue weighted by Crippen LogP contribution is -2.04. The molecule has 3 heteroatoms. The molecular weight excluding hydrogens is 288 g/mol. The lowest BCUT2D eigenvalue weighted by atomic mass is 10.0. The first-order valence-electron chi connectivity index (χ1n) is 6.41. The molecule has 2 aromatic rings. The van der Waals surface area contributed by atoms with E-state index in [1.807, 2.05) is 0 Å². The fraction of sp³-hybridized carbons (Fsp3) is 0.400. The molecule has 0 saturated heterocycles. The third-order valence-electron chi connectivity index (χ3n) is 3.35. The Bertz CT molecular complexity index is 591. The Morgan fingerprint density at radius 2 is 1.94 bits per heavy atom. The first-order chi connectivity index (χ1) is 8.58. The highest BCUT2D eigenvalue weighted by Crippen LogP contribution is 2.32. The van der Waals surface area contributed by atoms with Gasteiger partial charge in [0.1, 0.15) is 0 Å². The normalized spacial score (nSPS) is 10.9. The third kappa shape index (κ3) is 2.24. The summed E-state index contributed by atoms with van der Waals surface area (Å²) in [6.45, 7) is 9.43. The number of hydrogen-bond acceptors (Lipinski definition) is 2. The number of nitrogens with one attached hydrogen (secondary N) is 1. The van der Waals surface area contributed by atoms with Crippen LogP contribution in [0.3, 0.4) is 0 Å². The maximum atomic E-state index is 4.77. The van der Waals surface area contributed by atoms with E-state index in [-0.39, 0.29) is 0 Å². The first kappa shape index (κ1) is 13.3. The van der Waals surface area contributed by atoms with E-state index in [2.05, 4.69) is 61.1 Å². The molecule has 0 aliphatic carbocycles. The van der Waals surface area contributed by atoms with Gasteiger partial charge in [-0.3, -0.25) is 4.98 Å². The number of hydrogen-bond donors (Lipinski definition) is 1. The number of fused-ring (bicyclic) bond motifs is 1. The topological polar surface area (TPSA) is 24.9 Å². The molecule has 0 radical (unpaired) electrons. The Labute approximate surface area is 117 Å². The molecule has 1 aromatic heterocycles. The molecular formula is C15H19BrN2. The zero-order valence-electron chi connectivity index (χ0n) is 11.4. The van der Waals surface area contributed by atoms with Crippen molar-refractivity contribution >= 4 is 32.5 Å². The van der Waals surface area contributed by atoms with E-state index in [1.54, 1.807) is 0 Å². The summed E-state index contributed by atoms with van der Waals surface area (Å²) in [4.78, 5) is 4.77. The summed E-state index contributed by atoms with van der Waals surface area (Å²) in [5.74, 6) is 0. The minimum absolute atomic E-state index is 0.924. The predicted molar refractivity (Wildman–Crippen MR) is 82.5 cm³/mol. The van der Waals surface area contributed by atoms with Gasteiger partial charge in [-0.1, -0.05) is 22.9 Å². The van der Waals surface area contributed by atoms with Crippen LogP contribution in [0.5, 0.6) is 0 Å². The van der Waals surface area contributed by atoms with Gasteiger partial charge in [-0.05, 0) is 50.5 Å². The van der Waals surface area contributed by atoms with Crippen molar-refractivity contribution < 1.29 is 0 Å². The van der Waals surface area contributed by atoms with E-state index in [9.17, 15) is 0 Å². The van der Waals surface area contributed by atoms with Gasteiger partial charge in [0.25, 0.3) is 0 Å². The predicted octanol–water partition coefficient (Wildman–Crippen LogP) is 4.61. The monoisotopic (exact) mass is 306 g/mol. The van der Waals surface area contributed by atoms with E-state index in [4.69, 9.17) is 4.98 Å². The number of rotatable bonds is 3. The summed E-state index contributed by atoms with van der Waals surface area (Å²) >= 11 is 3.60. The van der Waals surface area contributed by atoms with E-state index in [0.717, 1.165) is 28.6 Å². The fourth-order valence-corrected chi connectivity index (χ4v) is 2.79. The van der Waals surface area contributed by atoms with Crippen LogP contribution in [0.2, 0.25) is 0 Å². The number of aromatic nitrogens is 1. The molecule has 1 N–H and O–H groups in total. The molecule has 0 amide bonds. The second kappa shape index (κ2) is 5.27. The summed E-state index contributed by atoms with van der Waals surface area (Å²) in [5, 5.41) is 4.69. The van der Waals surface area contributed by atoms with E-state index < -0.39 is 0 Å². The van der Waals surface area contributed by atoms with Crippen molar-refractivity contribution in [3.8, 4) is 0 Å². The SMILES string of the molecule is CCNc1c(C)c(C)nc2c(CC)cc(Br)cc12. The van der Waals surface area contributed by atoms with Crippen molar-refractivity contribution in [2.24, 2.45) is 0 Å². The largest absolute Gasteiger partial charge is 0.385 e. The lowest BCUT2D eigenvalue weighted by Gasteiger charge is -2.15. The van der Waals surface area contributed by atoms with Crippen molar-refractivity contribution in [3.05, 3.63) is 33.4 Å². The Morgan fingerprint density at radius 3 is 2.56 bits per heavy atom. The van der Waals surface area contributed by atoms with Crippen molar-refractivity contribution in [2.45, 2.75) is 34.1 Å². The number of nitrogens with zero attached hydrogens (tertiary/aromatic N) is 1. The quantitative estimate of drug-likeness (QED) is 0.896. The second-order valence-corrected chi connectivity index (χ2v) is 5.46. The maximum Gasteiger partial charge on any atom is 0.0758 e. The van der Waals surface area contributed by atoms with Crippen molar-refractivity contribution in [1.82, 2.24) is 4.98 Å². The van der Waals surface area contributed by atoms with Crippen LogP contribution in [-0.2, 0) is 6.42 Å². The Morgan fingerprint density at radius 1 is 1.22 bits per heavy atom. The summed E-state index contributed by atoms with van der Waals surface area (Å²) in [6, 6.07) is 4.33. The third-order valence-corrected chi connectivity index (χ3v) is 3.81. The minimum Gasteiger partial charge on any atom is -0.385 e. The molecule has 0 unspecified atom stereocenters. The van der Waals surface area contributed by atoms with Gasteiger partial charge >= 0.3 is 0 Å². The Kier molecular flexibility index (Phi) is 3.91.